The number of carbonyl (C=O) groups is 1. The first-order chi connectivity index (χ1) is 10.2. The van der Waals surface area contributed by atoms with E-state index in [4.69, 9.17) is 9.47 Å². The van der Waals surface area contributed by atoms with Gasteiger partial charge in [0.15, 0.2) is 5.17 Å². The van der Waals surface area contributed by atoms with Crippen molar-refractivity contribution < 1.29 is 14.3 Å². The third-order valence-corrected chi connectivity index (χ3v) is 4.34. The van der Waals surface area contributed by atoms with Crippen molar-refractivity contribution >= 4 is 27.9 Å². The average molecular weight is 305 g/mol. The minimum atomic E-state index is -0.101. The van der Waals surface area contributed by atoms with Crippen molar-refractivity contribution in [3.8, 4) is 11.5 Å². The summed E-state index contributed by atoms with van der Waals surface area (Å²) >= 11 is 1.38. The first-order valence-corrected chi connectivity index (χ1v) is 7.38. The summed E-state index contributed by atoms with van der Waals surface area (Å²) in [5, 5.41) is 7.06. The van der Waals surface area contributed by atoms with E-state index in [9.17, 15) is 4.79 Å². The Balaban J connectivity index is 2.04. The van der Waals surface area contributed by atoms with E-state index in [-0.39, 0.29) is 12.5 Å². The molecule has 1 amide bonds. The quantitative estimate of drug-likeness (QED) is 0.852. The molecule has 0 aromatic heterocycles. The molecule has 0 unspecified atom stereocenters. The van der Waals surface area contributed by atoms with E-state index in [1.807, 2.05) is 12.1 Å². The Kier molecular flexibility index (Phi) is 3.59. The van der Waals surface area contributed by atoms with Gasteiger partial charge >= 0.3 is 0 Å². The Bertz CT molecular complexity index is 670. The summed E-state index contributed by atoms with van der Waals surface area (Å²) in [6, 6.07) is 3.85. The van der Waals surface area contributed by atoms with E-state index in [0.717, 1.165) is 28.3 Å². The second-order valence-electron chi connectivity index (χ2n) is 4.53. The zero-order valence-electron chi connectivity index (χ0n) is 12.0. The molecule has 0 saturated carbocycles. The van der Waals surface area contributed by atoms with Crippen LogP contribution in [0.15, 0.2) is 22.2 Å². The van der Waals surface area contributed by atoms with E-state index in [1.165, 1.54) is 16.8 Å². The average Bonchev–Trinajstić information content (AvgIpc) is 3.08. The van der Waals surface area contributed by atoms with E-state index in [0.29, 0.717) is 10.9 Å². The molecule has 6 nitrogen and oxygen atoms in total. The highest BCUT2D eigenvalue weighted by Crippen LogP contribution is 2.36. The summed E-state index contributed by atoms with van der Waals surface area (Å²) in [7, 11) is 3.24. The highest BCUT2D eigenvalue weighted by molar-refractivity contribution is 8.27. The Morgan fingerprint density at radius 1 is 1.29 bits per heavy atom. The van der Waals surface area contributed by atoms with Crippen molar-refractivity contribution in [3.63, 3.8) is 0 Å². The Morgan fingerprint density at radius 3 is 2.67 bits per heavy atom. The first kappa shape index (κ1) is 13.9. The fourth-order valence-corrected chi connectivity index (χ4v) is 3.19. The number of hydrazone groups is 1. The fraction of sp³-hybridized carbons (Fsp3) is 0.357. The Hall–Kier alpha value is -2.02. The predicted molar refractivity (Wildman–Crippen MR) is 82.2 cm³/mol. The second kappa shape index (κ2) is 5.40. The van der Waals surface area contributed by atoms with Crippen molar-refractivity contribution in [2.75, 3.05) is 20.8 Å². The van der Waals surface area contributed by atoms with Gasteiger partial charge in [-0.15, -0.1) is 0 Å². The lowest BCUT2D eigenvalue weighted by atomic mass is 10.1. The lowest BCUT2D eigenvalue weighted by Crippen LogP contribution is -2.21. The van der Waals surface area contributed by atoms with Crippen molar-refractivity contribution in [3.05, 3.63) is 23.3 Å². The number of aliphatic imine (C=N–C) groups is 1. The van der Waals surface area contributed by atoms with Gasteiger partial charge in [0.2, 0.25) is 0 Å². The normalized spacial score (nSPS) is 16.7. The molecular formula is C14H15N3O3S. The summed E-state index contributed by atoms with van der Waals surface area (Å²) in [6.45, 7) is 2.24. The zero-order valence-corrected chi connectivity index (χ0v) is 12.9. The summed E-state index contributed by atoms with van der Waals surface area (Å²) in [5.74, 6) is 1.36. The molecule has 21 heavy (non-hydrogen) atoms. The number of hydrogen-bond donors (Lipinski definition) is 0. The standard InChI is InChI=1S/C14H15N3O3S/c1-4-8-5-9(11(20-3)6-10(8)19-2)13-16-17-12(18)7-15-14(17)21-13/h5-6H,4,7H2,1-3H3. The third kappa shape index (κ3) is 2.27. The van der Waals surface area contributed by atoms with Gasteiger partial charge in [-0.25, -0.2) is 0 Å². The molecule has 0 atom stereocenters. The highest BCUT2D eigenvalue weighted by atomic mass is 32.2. The lowest BCUT2D eigenvalue weighted by molar-refractivity contribution is -0.124. The molecule has 0 spiro atoms. The largest absolute Gasteiger partial charge is 0.496 e. The molecule has 0 radical (unpaired) electrons. The van der Waals surface area contributed by atoms with Crippen LogP contribution in [0.3, 0.4) is 0 Å². The van der Waals surface area contributed by atoms with Crippen LogP contribution in [0.4, 0.5) is 0 Å². The van der Waals surface area contributed by atoms with Crippen molar-refractivity contribution in [2.24, 2.45) is 10.1 Å². The van der Waals surface area contributed by atoms with Crippen molar-refractivity contribution in [1.29, 1.82) is 0 Å². The van der Waals surface area contributed by atoms with Gasteiger partial charge in [-0.05, 0) is 29.8 Å². The molecular weight excluding hydrogens is 290 g/mol. The molecule has 2 aliphatic rings. The molecule has 7 heteroatoms. The van der Waals surface area contributed by atoms with Crippen LogP contribution in [0.5, 0.6) is 11.5 Å². The Labute approximate surface area is 126 Å². The van der Waals surface area contributed by atoms with Crippen LogP contribution in [0.1, 0.15) is 18.1 Å². The lowest BCUT2D eigenvalue weighted by Gasteiger charge is -2.13. The number of fused-ring (bicyclic) bond motifs is 1. The molecule has 2 aliphatic heterocycles. The SMILES string of the molecule is CCc1cc(C2=NN3C(=O)CN=C3S2)c(OC)cc1OC. The smallest absolute Gasteiger partial charge is 0.271 e. The molecule has 110 valence electrons. The minimum Gasteiger partial charge on any atom is -0.496 e. The van der Waals surface area contributed by atoms with Gasteiger partial charge in [-0.3, -0.25) is 9.79 Å². The molecule has 1 aromatic carbocycles. The van der Waals surface area contributed by atoms with Crippen molar-refractivity contribution in [1.82, 2.24) is 5.01 Å². The number of ether oxygens (including phenoxy) is 2. The number of benzene rings is 1. The fourth-order valence-electron chi connectivity index (χ4n) is 2.26. The van der Waals surface area contributed by atoms with Crippen LogP contribution in [0, 0.1) is 0 Å². The maximum atomic E-state index is 11.7. The van der Waals surface area contributed by atoms with Crippen LogP contribution < -0.4 is 9.47 Å². The van der Waals surface area contributed by atoms with Gasteiger partial charge in [0.1, 0.15) is 23.1 Å². The molecule has 2 heterocycles. The minimum absolute atomic E-state index is 0.101. The number of aryl methyl sites for hydroxylation is 1. The van der Waals surface area contributed by atoms with Gasteiger partial charge in [-0.1, -0.05) is 6.92 Å². The zero-order chi connectivity index (χ0) is 15.0. The number of hydrogen-bond acceptors (Lipinski definition) is 6. The van der Waals surface area contributed by atoms with Crippen LogP contribution >= 0.6 is 11.8 Å². The van der Waals surface area contributed by atoms with E-state index >= 15 is 0 Å². The molecule has 0 saturated heterocycles. The molecule has 0 N–H and O–H groups in total. The topological polar surface area (TPSA) is 63.5 Å². The van der Waals surface area contributed by atoms with E-state index in [1.54, 1.807) is 14.2 Å². The number of amidine groups is 1. The number of rotatable bonds is 4. The molecule has 1 aromatic rings. The van der Waals surface area contributed by atoms with Crippen molar-refractivity contribution in [2.45, 2.75) is 13.3 Å². The summed E-state index contributed by atoms with van der Waals surface area (Å²) in [5.41, 5.74) is 1.92. The van der Waals surface area contributed by atoms with Gasteiger partial charge in [0.25, 0.3) is 5.91 Å². The number of carbonyl (C=O) groups excluding carboxylic acids is 1. The molecule has 0 fully saturated rings. The number of thioether (sulfide) groups is 1. The third-order valence-electron chi connectivity index (χ3n) is 3.36. The number of nitrogens with zero attached hydrogens (tertiary/aromatic N) is 3. The molecule has 3 rings (SSSR count). The van der Waals surface area contributed by atoms with Gasteiger partial charge in [0.05, 0.1) is 19.8 Å². The van der Waals surface area contributed by atoms with E-state index in [2.05, 4.69) is 17.0 Å². The maximum Gasteiger partial charge on any atom is 0.271 e. The second-order valence-corrected chi connectivity index (χ2v) is 5.49. The molecule has 0 bridgehead atoms. The maximum absolute atomic E-state index is 11.7. The van der Waals surface area contributed by atoms with Gasteiger partial charge in [-0.2, -0.15) is 10.1 Å². The number of amides is 1. The van der Waals surface area contributed by atoms with Crippen LogP contribution in [0.2, 0.25) is 0 Å². The van der Waals surface area contributed by atoms with Gasteiger partial charge < -0.3 is 9.47 Å². The van der Waals surface area contributed by atoms with E-state index < -0.39 is 0 Å². The molecule has 0 aliphatic carbocycles. The number of methoxy groups -OCH3 is 2. The van der Waals surface area contributed by atoms with Gasteiger partial charge in [0, 0.05) is 6.07 Å². The van der Waals surface area contributed by atoms with Crippen LogP contribution in [-0.4, -0.2) is 41.9 Å². The van der Waals surface area contributed by atoms with Crippen LogP contribution in [0.25, 0.3) is 0 Å². The predicted octanol–water partition coefficient (Wildman–Crippen LogP) is 1.87. The monoisotopic (exact) mass is 305 g/mol. The first-order valence-electron chi connectivity index (χ1n) is 6.57. The highest BCUT2D eigenvalue weighted by Gasteiger charge is 2.34. The van der Waals surface area contributed by atoms with Crippen LogP contribution in [-0.2, 0) is 11.2 Å². The summed E-state index contributed by atoms with van der Waals surface area (Å²) in [4.78, 5) is 15.8. The summed E-state index contributed by atoms with van der Waals surface area (Å²) < 4.78 is 10.8. The Morgan fingerprint density at radius 2 is 2.05 bits per heavy atom. The summed E-state index contributed by atoms with van der Waals surface area (Å²) in [6.07, 6.45) is 0.835.